The van der Waals surface area contributed by atoms with Crippen molar-refractivity contribution in [1.29, 1.82) is 0 Å². The van der Waals surface area contributed by atoms with E-state index < -0.39 is 13.7 Å². The van der Waals surface area contributed by atoms with Gasteiger partial charge in [0.05, 0.1) is 7.11 Å². The van der Waals surface area contributed by atoms with Crippen molar-refractivity contribution in [1.82, 2.24) is 19.5 Å². The molecule has 1 N–H and O–H groups in total. The summed E-state index contributed by atoms with van der Waals surface area (Å²) < 4.78 is 22.2. The van der Waals surface area contributed by atoms with E-state index in [1.54, 1.807) is 7.11 Å². The van der Waals surface area contributed by atoms with Crippen molar-refractivity contribution >= 4 is 13.7 Å². The molecule has 0 unspecified atom stereocenters. The molecule has 0 radical (unpaired) electrons. The molecular formula is C15H29N4O4P. The molecule has 24 heavy (non-hydrogen) atoms. The maximum atomic E-state index is 13.0. The molecule has 3 heterocycles. The molecule has 3 rings (SSSR count). The molecule has 9 heteroatoms. The van der Waals surface area contributed by atoms with Gasteiger partial charge in [-0.15, -0.1) is 0 Å². The number of nitrogens with one attached hydrogen (secondary N) is 1. The summed E-state index contributed by atoms with van der Waals surface area (Å²) in [4.78, 5) is 17.9. The van der Waals surface area contributed by atoms with Crippen LogP contribution in [0.15, 0.2) is 0 Å². The van der Waals surface area contributed by atoms with Crippen molar-refractivity contribution in [3.05, 3.63) is 0 Å². The number of nitrogens with zero attached hydrogens (tertiary/aromatic N) is 3. The Labute approximate surface area is 143 Å². The Balaban J connectivity index is 1.63. The smallest absolute Gasteiger partial charge is 0.414 e. The van der Waals surface area contributed by atoms with Crippen molar-refractivity contribution in [2.24, 2.45) is 0 Å². The van der Waals surface area contributed by atoms with E-state index in [1.807, 2.05) is 14.4 Å². The van der Waals surface area contributed by atoms with Gasteiger partial charge in [0.25, 0.3) is 0 Å². The van der Waals surface area contributed by atoms with Crippen LogP contribution in [0.25, 0.3) is 0 Å². The fourth-order valence-electron chi connectivity index (χ4n) is 4.00. The monoisotopic (exact) mass is 360 g/mol. The van der Waals surface area contributed by atoms with Crippen molar-refractivity contribution in [2.45, 2.75) is 57.7 Å². The van der Waals surface area contributed by atoms with Crippen molar-refractivity contribution in [2.75, 3.05) is 33.3 Å². The summed E-state index contributed by atoms with van der Waals surface area (Å²) in [6, 6.07) is 0. The molecule has 3 aliphatic heterocycles. The second kappa shape index (κ2) is 5.95. The molecule has 0 saturated carbocycles. The second-order valence-electron chi connectivity index (χ2n) is 8.10. The second-order valence-corrected chi connectivity index (χ2v) is 10.5. The minimum Gasteiger partial charge on any atom is -0.446 e. The molecule has 0 aliphatic carbocycles. The Hall–Kier alpha value is -0.660. The first kappa shape index (κ1) is 18.1. The van der Waals surface area contributed by atoms with Gasteiger partial charge in [-0.1, -0.05) is 0 Å². The Bertz CT molecular complexity index is 526. The average Bonchev–Trinajstić information content (AvgIpc) is 3.26. The largest absolute Gasteiger partial charge is 0.446 e. The highest BCUT2D eigenvalue weighted by molar-refractivity contribution is 7.58. The highest BCUT2D eigenvalue weighted by Gasteiger charge is 2.51. The van der Waals surface area contributed by atoms with E-state index in [0.29, 0.717) is 12.8 Å². The van der Waals surface area contributed by atoms with Gasteiger partial charge in [0.2, 0.25) is 0 Å². The van der Waals surface area contributed by atoms with Crippen LogP contribution in [0.5, 0.6) is 0 Å². The van der Waals surface area contributed by atoms with E-state index in [-0.39, 0.29) is 17.2 Å². The number of ether oxygens (including phenoxy) is 1. The molecule has 0 aromatic rings. The minimum atomic E-state index is -2.94. The lowest BCUT2D eigenvalue weighted by Gasteiger charge is -2.52. The van der Waals surface area contributed by atoms with Crippen molar-refractivity contribution in [3.8, 4) is 0 Å². The van der Waals surface area contributed by atoms with E-state index in [0.717, 1.165) is 26.2 Å². The normalized spacial score (nSPS) is 27.7. The number of rotatable bonds is 5. The summed E-state index contributed by atoms with van der Waals surface area (Å²) in [5.41, 5.74) is -0.518. The minimum absolute atomic E-state index is 0.238. The fraction of sp³-hybridized carbons (Fsp3) is 0.933. The quantitative estimate of drug-likeness (QED) is 0.594. The molecule has 3 aliphatic rings. The van der Waals surface area contributed by atoms with Crippen LogP contribution in [-0.4, -0.2) is 71.0 Å². The van der Waals surface area contributed by atoms with Gasteiger partial charge >= 0.3 is 13.7 Å². The number of amides is 1. The van der Waals surface area contributed by atoms with Crippen LogP contribution in [0.4, 0.5) is 4.79 Å². The SMILES string of the molecule is CON1C(C)(C)CC(OC(=O)NP(=O)(N2CC2)N2CC2)CC1(C)C. The van der Waals surface area contributed by atoms with E-state index >= 15 is 0 Å². The molecule has 1 amide bonds. The standard InChI is InChI=1S/C15H29N4O4P/c1-14(2)10-12(11-15(3,4)19(14)22-5)23-13(20)16-24(21,17-6-7-17)18-8-9-18/h12H,6-11H2,1-5H3,(H,16,20,21). The van der Waals surface area contributed by atoms with Crippen LogP contribution in [-0.2, 0) is 14.1 Å². The molecule has 0 bridgehead atoms. The van der Waals surface area contributed by atoms with Gasteiger partial charge in [-0.25, -0.2) is 19.2 Å². The molecular weight excluding hydrogens is 331 g/mol. The number of piperidine rings is 1. The third-order valence-corrected chi connectivity index (χ3v) is 7.67. The van der Waals surface area contributed by atoms with Crippen LogP contribution in [0.3, 0.4) is 0 Å². The maximum absolute atomic E-state index is 13.0. The van der Waals surface area contributed by atoms with Gasteiger partial charge in [-0.05, 0) is 27.7 Å². The van der Waals surface area contributed by atoms with Gasteiger partial charge < -0.3 is 9.57 Å². The highest BCUT2D eigenvalue weighted by Crippen LogP contribution is 2.56. The van der Waals surface area contributed by atoms with Gasteiger partial charge in [0.1, 0.15) is 6.10 Å². The molecule has 138 valence electrons. The van der Waals surface area contributed by atoms with E-state index in [9.17, 15) is 9.36 Å². The Kier molecular flexibility index (Phi) is 4.50. The molecule has 0 aromatic heterocycles. The molecule has 0 atom stereocenters. The topological polar surface area (TPSA) is 73.9 Å². The number of hydrogen-bond donors (Lipinski definition) is 1. The van der Waals surface area contributed by atoms with E-state index in [2.05, 4.69) is 32.8 Å². The molecule has 8 nitrogen and oxygen atoms in total. The summed E-state index contributed by atoms with van der Waals surface area (Å²) in [5, 5.41) is 4.61. The summed E-state index contributed by atoms with van der Waals surface area (Å²) >= 11 is 0. The summed E-state index contributed by atoms with van der Waals surface area (Å²) in [6.45, 7) is 11.3. The number of carbonyl (C=O) groups is 1. The lowest BCUT2D eigenvalue weighted by Crippen LogP contribution is -2.61. The zero-order valence-corrected chi connectivity index (χ0v) is 16.1. The number of hydrogen-bond acceptors (Lipinski definition) is 5. The molecule has 0 aromatic carbocycles. The third kappa shape index (κ3) is 3.48. The number of hydroxylamine groups is 2. The Morgan fingerprint density at radius 2 is 1.50 bits per heavy atom. The molecule has 0 spiro atoms. The van der Waals surface area contributed by atoms with Gasteiger partial charge in [-0.3, -0.25) is 4.57 Å². The number of carbonyl (C=O) groups excluding carboxylic acids is 1. The zero-order valence-electron chi connectivity index (χ0n) is 15.2. The van der Waals surface area contributed by atoms with Crippen molar-refractivity contribution < 1.29 is 18.9 Å². The predicted molar refractivity (Wildman–Crippen MR) is 90.4 cm³/mol. The van der Waals surface area contributed by atoms with Crippen LogP contribution in [0, 0.1) is 0 Å². The third-order valence-electron chi connectivity index (χ3n) is 4.86. The highest BCUT2D eigenvalue weighted by atomic mass is 31.2. The summed E-state index contributed by atoms with van der Waals surface area (Å²) in [5.74, 6) is 0. The lowest BCUT2D eigenvalue weighted by molar-refractivity contribution is -0.276. The van der Waals surface area contributed by atoms with Crippen LogP contribution in [0.1, 0.15) is 40.5 Å². The van der Waals surface area contributed by atoms with E-state index in [1.165, 1.54) is 0 Å². The Morgan fingerprint density at radius 3 is 1.88 bits per heavy atom. The molecule has 3 saturated heterocycles. The average molecular weight is 360 g/mol. The first-order valence-electron chi connectivity index (χ1n) is 8.53. The molecule has 3 fully saturated rings. The lowest BCUT2D eigenvalue weighted by atomic mass is 9.80. The first-order valence-corrected chi connectivity index (χ1v) is 10.1. The van der Waals surface area contributed by atoms with Crippen LogP contribution >= 0.6 is 7.59 Å². The van der Waals surface area contributed by atoms with Gasteiger partial charge in [0, 0.05) is 50.1 Å². The van der Waals surface area contributed by atoms with Crippen LogP contribution in [0.2, 0.25) is 0 Å². The van der Waals surface area contributed by atoms with Crippen molar-refractivity contribution in [3.63, 3.8) is 0 Å². The zero-order chi connectivity index (χ0) is 17.8. The summed E-state index contributed by atoms with van der Waals surface area (Å²) in [6.07, 6.45) is 0.503. The van der Waals surface area contributed by atoms with Crippen LogP contribution < -0.4 is 5.09 Å². The maximum Gasteiger partial charge on any atom is 0.414 e. The first-order chi connectivity index (χ1) is 11.1. The summed E-state index contributed by atoms with van der Waals surface area (Å²) in [7, 11) is -1.27. The van der Waals surface area contributed by atoms with Gasteiger partial charge in [0.15, 0.2) is 0 Å². The van der Waals surface area contributed by atoms with Gasteiger partial charge in [-0.2, -0.15) is 5.06 Å². The fourth-order valence-corrected chi connectivity index (χ4v) is 6.19. The predicted octanol–water partition coefficient (Wildman–Crippen LogP) is 2.03. The Morgan fingerprint density at radius 1 is 1.04 bits per heavy atom. The van der Waals surface area contributed by atoms with E-state index in [4.69, 9.17) is 9.57 Å².